The van der Waals surface area contributed by atoms with Crippen molar-refractivity contribution in [3.05, 3.63) is 23.5 Å². The fraction of sp³-hybridized carbons (Fsp3) is 0.444. The van der Waals surface area contributed by atoms with E-state index in [-0.39, 0.29) is 0 Å². The first-order chi connectivity index (χ1) is 6.53. The molecule has 0 saturated heterocycles. The van der Waals surface area contributed by atoms with Gasteiger partial charge in [0.05, 0.1) is 0 Å². The first-order valence-corrected chi connectivity index (χ1v) is 4.53. The van der Waals surface area contributed by atoms with Crippen LogP contribution in [0.2, 0.25) is 5.15 Å². The lowest BCUT2D eigenvalue weighted by Gasteiger charge is -2.21. The Balaban J connectivity index is 2.54. The number of halogens is 1. The SMILES string of the molecule is CC(C)(COc1ccnc(Cl)c1)ON. The number of nitrogens with two attached hydrogens (primary N) is 1. The van der Waals surface area contributed by atoms with E-state index in [0.29, 0.717) is 17.5 Å². The van der Waals surface area contributed by atoms with Gasteiger partial charge in [-0.25, -0.2) is 10.9 Å². The van der Waals surface area contributed by atoms with Crippen molar-refractivity contribution in [3.8, 4) is 5.75 Å². The van der Waals surface area contributed by atoms with Gasteiger partial charge in [-0.2, -0.15) is 0 Å². The molecule has 4 nitrogen and oxygen atoms in total. The molecule has 0 amide bonds. The molecule has 0 fully saturated rings. The molecule has 0 spiro atoms. The van der Waals surface area contributed by atoms with Gasteiger partial charge in [-0.3, -0.25) is 4.84 Å². The summed E-state index contributed by atoms with van der Waals surface area (Å²) in [6, 6.07) is 3.35. The molecule has 1 heterocycles. The van der Waals surface area contributed by atoms with Gasteiger partial charge >= 0.3 is 0 Å². The molecular formula is C9H13ClN2O2. The van der Waals surface area contributed by atoms with Crippen LogP contribution < -0.4 is 10.6 Å². The van der Waals surface area contributed by atoms with Gasteiger partial charge in [0, 0.05) is 12.3 Å². The lowest BCUT2D eigenvalue weighted by molar-refractivity contribution is -0.0489. The molecule has 0 atom stereocenters. The van der Waals surface area contributed by atoms with Gasteiger partial charge in [0.25, 0.3) is 0 Å². The van der Waals surface area contributed by atoms with Crippen molar-refractivity contribution in [2.24, 2.45) is 5.90 Å². The van der Waals surface area contributed by atoms with Gasteiger partial charge in [-0.05, 0) is 19.9 Å². The molecule has 0 aliphatic rings. The second kappa shape index (κ2) is 4.59. The Labute approximate surface area is 87.9 Å². The first-order valence-electron chi connectivity index (χ1n) is 4.16. The Morgan fingerprint density at radius 3 is 2.86 bits per heavy atom. The highest BCUT2D eigenvalue weighted by atomic mass is 35.5. The van der Waals surface area contributed by atoms with Crippen molar-refractivity contribution in [1.29, 1.82) is 0 Å². The van der Waals surface area contributed by atoms with Gasteiger partial charge in [-0.15, -0.1) is 0 Å². The molecule has 0 bridgehead atoms. The summed E-state index contributed by atoms with van der Waals surface area (Å²) in [5, 5.41) is 0.397. The fourth-order valence-corrected chi connectivity index (χ4v) is 0.930. The number of nitrogens with zero attached hydrogens (tertiary/aromatic N) is 1. The second-order valence-corrected chi connectivity index (χ2v) is 3.87. The molecule has 78 valence electrons. The monoisotopic (exact) mass is 216 g/mol. The average Bonchev–Trinajstić information content (AvgIpc) is 2.15. The van der Waals surface area contributed by atoms with Crippen molar-refractivity contribution in [1.82, 2.24) is 4.98 Å². The average molecular weight is 217 g/mol. The van der Waals surface area contributed by atoms with Gasteiger partial charge in [0.15, 0.2) is 0 Å². The Morgan fingerprint density at radius 1 is 1.57 bits per heavy atom. The number of pyridine rings is 1. The third kappa shape index (κ3) is 3.49. The molecule has 1 rings (SSSR count). The van der Waals surface area contributed by atoms with Crippen LogP contribution in [0.3, 0.4) is 0 Å². The number of hydrogen-bond acceptors (Lipinski definition) is 4. The minimum absolute atomic E-state index is 0.351. The van der Waals surface area contributed by atoms with Crippen LogP contribution in [0.5, 0.6) is 5.75 Å². The minimum atomic E-state index is -0.518. The summed E-state index contributed by atoms with van der Waals surface area (Å²) in [6.45, 7) is 4.01. The molecule has 0 aliphatic carbocycles. The molecule has 0 aromatic carbocycles. The lowest BCUT2D eigenvalue weighted by Crippen LogP contribution is -2.34. The number of ether oxygens (including phenoxy) is 1. The third-order valence-corrected chi connectivity index (χ3v) is 1.81. The molecule has 14 heavy (non-hydrogen) atoms. The van der Waals surface area contributed by atoms with Crippen LogP contribution in [-0.4, -0.2) is 17.2 Å². The maximum atomic E-state index is 5.68. The normalized spacial score (nSPS) is 11.4. The Hall–Kier alpha value is -0.840. The minimum Gasteiger partial charge on any atom is -0.490 e. The Bertz CT molecular complexity index is 305. The van der Waals surface area contributed by atoms with E-state index in [1.165, 1.54) is 0 Å². The van der Waals surface area contributed by atoms with Gasteiger partial charge in [0.1, 0.15) is 23.1 Å². The maximum Gasteiger partial charge on any atom is 0.132 e. The van der Waals surface area contributed by atoms with Gasteiger partial charge in [0.2, 0.25) is 0 Å². The summed E-state index contributed by atoms with van der Waals surface area (Å²) in [4.78, 5) is 8.55. The van der Waals surface area contributed by atoms with Crippen molar-refractivity contribution in [2.45, 2.75) is 19.4 Å². The van der Waals surface area contributed by atoms with Gasteiger partial charge in [-0.1, -0.05) is 11.6 Å². The topological polar surface area (TPSA) is 57.4 Å². The highest BCUT2D eigenvalue weighted by molar-refractivity contribution is 6.29. The van der Waals surface area contributed by atoms with Crippen LogP contribution >= 0.6 is 11.6 Å². The molecule has 1 aromatic heterocycles. The van der Waals surface area contributed by atoms with E-state index < -0.39 is 5.60 Å². The summed E-state index contributed by atoms with van der Waals surface area (Å²) in [5.74, 6) is 5.73. The number of rotatable bonds is 4. The number of hydrogen-bond donors (Lipinski definition) is 1. The highest BCUT2D eigenvalue weighted by Gasteiger charge is 2.18. The van der Waals surface area contributed by atoms with Crippen molar-refractivity contribution < 1.29 is 9.57 Å². The quantitative estimate of drug-likeness (QED) is 0.616. The zero-order chi connectivity index (χ0) is 10.6. The molecule has 0 unspecified atom stereocenters. The first kappa shape index (κ1) is 11.2. The van der Waals surface area contributed by atoms with E-state index in [1.54, 1.807) is 18.3 Å². The predicted octanol–water partition coefficient (Wildman–Crippen LogP) is 1.78. The molecule has 0 saturated carbocycles. The van der Waals surface area contributed by atoms with E-state index in [9.17, 15) is 0 Å². The van der Waals surface area contributed by atoms with Crippen LogP contribution in [0.15, 0.2) is 18.3 Å². The maximum absolute atomic E-state index is 5.68. The Morgan fingerprint density at radius 2 is 2.29 bits per heavy atom. The van der Waals surface area contributed by atoms with Crippen LogP contribution in [0, 0.1) is 0 Å². The Kier molecular flexibility index (Phi) is 3.69. The summed E-state index contributed by atoms with van der Waals surface area (Å²) in [6.07, 6.45) is 1.58. The fourth-order valence-electron chi connectivity index (χ4n) is 0.766. The van der Waals surface area contributed by atoms with E-state index in [2.05, 4.69) is 4.98 Å². The molecule has 5 heteroatoms. The number of aromatic nitrogens is 1. The van der Waals surface area contributed by atoms with Gasteiger partial charge < -0.3 is 4.74 Å². The van der Waals surface area contributed by atoms with Crippen LogP contribution in [0.4, 0.5) is 0 Å². The highest BCUT2D eigenvalue weighted by Crippen LogP contribution is 2.16. The van der Waals surface area contributed by atoms with Crippen molar-refractivity contribution in [3.63, 3.8) is 0 Å². The zero-order valence-electron chi connectivity index (χ0n) is 8.16. The molecular weight excluding hydrogens is 204 g/mol. The summed E-state index contributed by atoms with van der Waals surface area (Å²) in [7, 11) is 0. The summed E-state index contributed by atoms with van der Waals surface area (Å²) in [5.41, 5.74) is -0.518. The van der Waals surface area contributed by atoms with Crippen LogP contribution in [-0.2, 0) is 4.84 Å². The smallest absolute Gasteiger partial charge is 0.132 e. The van der Waals surface area contributed by atoms with Crippen molar-refractivity contribution in [2.75, 3.05) is 6.61 Å². The molecule has 2 N–H and O–H groups in total. The van der Waals surface area contributed by atoms with Crippen LogP contribution in [0.1, 0.15) is 13.8 Å². The van der Waals surface area contributed by atoms with E-state index in [0.717, 1.165) is 0 Å². The standard InChI is InChI=1S/C9H13ClN2O2/c1-9(2,14-11)6-13-7-3-4-12-8(10)5-7/h3-5H,6,11H2,1-2H3. The van der Waals surface area contributed by atoms with E-state index in [1.807, 2.05) is 13.8 Å². The third-order valence-electron chi connectivity index (χ3n) is 1.60. The zero-order valence-corrected chi connectivity index (χ0v) is 8.91. The molecule has 0 radical (unpaired) electrons. The van der Waals surface area contributed by atoms with E-state index in [4.69, 9.17) is 27.1 Å². The summed E-state index contributed by atoms with van der Waals surface area (Å²) < 4.78 is 5.41. The molecule has 1 aromatic rings. The van der Waals surface area contributed by atoms with E-state index >= 15 is 0 Å². The summed E-state index contributed by atoms with van der Waals surface area (Å²) >= 11 is 5.68. The van der Waals surface area contributed by atoms with Crippen LogP contribution in [0.25, 0.3) is 0 Å². The van der Waals surface area contributed by atoms with Crippen molar-refractivity contribution >= 4 is 11.6 Å². The largest absolute Gasteiger partial charge is 0.490 e. The molecule has 0 aliphatic heterocycles. The second-order valence-electron chi connectivity index (χ2n) is 3.48. The lowest BCUT2D eigenvalue weighted by atomic mass is 10.2. The predicted molar refractivity (Wildman–Crippen MR) is 54.1 cm³/mol.